The molecule has 1 fully saturated rings. The van der Waals surface area contributed by atoms with Crippen molar-refractivity contribution < 1.29 is 9.53 Å². The van der Waals surface area contributed by atoms with Crippen molar-refractivity contribution in [2.45, 2.75) is 87.2 Å². The molecule has 0 aliphatic carbocycles. The maximum Gasteiger partial charge on any atom is 0.410 e. The van der Waals surface area contributed by atoms with E-state index in [-0.39, 0.29) is 11.7 Å². The van der Waals surface area contributed by atoms with E-state index in [1.807, 2.05) is 39.2 Å². The highest BCUT2D eigenvalue weighted by Gasteiger charge is 2.27. The summed E-state index contributed by atoms with van der Waals surface area (Å²) in [7, 11) is 0. The summed E-state index contributed by atoms with van der Waals surface area (Å²) in [5.41, 5.74) is 0.959. The van der Waals surface area contributed by atoms with Gasteiger partial charge in [0.25, 0.3) is 0 Å². The summed E-state index contributed by atoms with van der Waals surface area (Å²) in [6, 6.07) is 4.10. The van der Waals surface area contributed by atoms with Crippen LogP contribution in [-0.4, -0.2) is 34.7 Å². The molecule has 1 aromatic rings. The third-order valence-corrected chi connectivity index (χ3v) is 4.26. The van der Waals surface area contributed by atoms with E-state index in [1.54, 1.807) is 4.90 Å². The zero-order valence-corrected chi connectivity index (χ0v) is 19.8. The van der Waals surface area contributed by atoms with Gasteiger partial charge in [0.05, 0.1) is 0 Å². The minimum atomic E-state index is -0.372. The van der Waals surface area contributed by atoms with Crippen LogP contribution >= 0.6 is 0 Å². The molecule has 0 unspecified atom stereocenters. The first kappa shape index (κ1) is 26.4. The molecule has 0 radical (unpaired) electrons. The van der Waals surface area contributed by atoms with E-state index in [1.165, 1.54) is 12.0 Å². The van der Waals surface area contributed by atoms with Crippen LogP contribution in [0.1, 0.15) is 80.7 Å². The quantitative estimate of drug-likeness (QED) is 0.582. The molecule has 0 saturated carbocycles. The van der Waals surface area contributed by atoms with Crippen molar-refractivity contribution in [2.24, 2.45) is 17.8 Å². The van der Waals surface area contributed by atoms with Gasteiger partial charge in [-0.2, -0.15) is 0 Å². The van der Waals surface area contributed by atoms with Crippen LogP contribution in [0.4, 0.5) is 4.79 Å². The van der Waals surface area contributed by atoms with Crippen molar-refractivity contribution in [1.29, 1.82) is 0 Å². The minimum absolute atomic E-state index is 0.170. The molecule has 1 amide bonds. The highest BCUT2D eigenvalue weighted by atomic mass is 16.6. The zero-order chi connectivity index (χ0) is 21.7. The number of aromatic nitrogens is 1. The number of rotatable bonds is 3. The van der Waals surface area contributed by atoms with E-state index < -0.39 is 0 Å². The van der Waals surface area contributed by atoms with Gasteiger partial charge in [-0.15, -0.1) is 0 Å². The fraction of sp³-hybridized carbons (Fsp3) is 0.750. The van der Waals surface area contributed by atoms with E-state index in [4.69, 9.17) is 4.74 Å². The number of carbonyl (C=O) groups is 1. The first-order valence-corrected chi connectivity index (χ1v) is 10.8. The van der Waals surface area contributed by atoms with E-state index in [0.717, 1.165) is 37.8 Å². The Morgan fingerprint density at radius 3 is 2.21 bits per heavy atom. The molecule has 2 heterocycles. The number of carbonyl (C=O) groups excluding carboxylic acids is 1. The molecule has 1 aliphatic heterocycles. The van der Waals surface area contributed by atoms with Crippen LogP contribution in [0.15, 0.2) is 24.5 Å². The van der Waals surface area contributed by atoms with Crippen molar-refractivity contribution in [1.82, 2.24) is 9.88 Å². The maximum absolute atomic E-state index is 11.5. The number of amides is 1. The van der Waals surface area contributed by atoms with Gasteiger partial charge in [-0.05, 0) is 63.0 Å². The van der Waals surface area contributed by atoms with Gasteiger partial charge < -0.3 is 9.64 Å². The molecule has 1 aromatic heterocycles. The molecular formula is C24H44N2O2. The van der Waals surface area contributed by atoms with Gasteiger partial charge in [0, 0.05) is 25.5 Å². The summed E-state index contributed by atoms with van der Waals surface area (Å²) < 4.78 is 5.26. The second kappa shape index (κ2) is 13.6. The Kier molecular flexibility index (Phi) is 12.8. The van der Waals surface area contributed by atoms with Gasteiger partial charge in [-0.3, -0.25) is 4.98 Å². The molecule has 2 rings (SSSR count). The third-order valence-electron chi connectivity index (χ3n) is 4.26. The van der Waals surface area contributed by atoms with Gasteiger partial charge in [-0.25, -0.2) is 4.79 Å². The van der Waals surface area contributed by atoms with Crippen molar-refractivity contribution in [3.8, 4) is 0 Å². The second-order valence-electron chi connectivity index (χ2n) is 9.58. The molecule has 0 bridgehead atoms. The molecule has 28 heavy (non-hydrogen) atoms. The molecular weight excluding hydrogens is 348 g/mol. The Bertz CT molecular complexity index is 521. The second-order valence-corrected chi connectivity index (χ2v) is 9.58. The first-order chi connectivity index (χ1) is 12.9. The molecule has 1 saturated heterocycles. The topological polar surface area (TPSA) is 42.4 Å². The van der Waals surface area contributed by atoms with Crippen LogP contribution in [0.3, 0.4) is 0 Å². The van der Waals surface area contributed by atoms with Crippen LogP contribution in [0.25, 0.3) is 0 Å². The number of hydrogen-bond acceptors (Lipinski definition) is 3. The number of hydrogen-bond donors (Lipinski definition) is 0. The van der Waals surface area contributed by atoms with Crippen LogP contribution < -0.4 is 0 Å². The number of pyridine rings is 1. The highest BCUT2D eigenvalue weighted by Crippen LogP contribution is 2.18. The van der Waals surface area contributed by atoms with E-state index in [0.29, 0.717) is 5.92 Å². The predicted octanol–water partition coefficient (Wildman–Crippen LogP) is 6.60. The Morgan fingerprint density at radius 1 is 1.25 bits per heavy atom. The zero-order valence-electron chi connectivity index (χ0n) is 19.8. The lowest BCUT2D eigenvalue weighted by atomic mass is 10.1. The van der Waals surface area contributed by atoms with Gasteiger partial charge in [0.15, 0.2) is 0 Å². The molecule has 1 atom stereocenters. The van der Waals surface area contributed by atoms with E-state index in [9.17, 15) is 4.79 Å². The molecule has 0 spiro atoms. The lowest BCUT2D eigenvalue weighted by molar-refractivity contribution is 0.0289. The van der Waals surface area contributed by atoms with Gasteiger partial charge in [0.2, 0.25) is 0 Å². The Labute approximate surface area is 174 Å². The summed E-state index contributed by atoms with van der Waals surface area (Å²) in [6.07, 6.45) is 7.11. The normalized spacial score (nSPS) is 16.2. The summed E-state index contributed by atoms with van der Waals surface area (Å²) >= 11 is 0. The van der Waals surface area contributed by atoms with Crippen molar-refractivity contribution >= 4 is 6.09 Å². The van der Waals surface area contributed by atoms with Crippen molar-refractivity contribution in [3.63, 3.8) is 0 Å². The van der Waals surface area contributed by atoms with Gasteiger partial charge >= 0.3 is 6.09 Å². The number of nitrogens with zero attached hydrogens (tertiary/aromatic N) is 2. The summed E-state index contributed by atoms with van der Waals surface area (Å²) in [4.78, 5) is 17.3. The van der Waals surface area contributed by atoms with Crippen molar-refractivity contribution in [2.75, 3.05) is 13.1 Å². The predicted molar refractivity (Wildman–Crippen MR) is 119 cm³/mol. The molecule has 0 aromatic carbocycles. The first-order valence-electron chi connectivity index (χ1n) is 10.8. The molecule has 0 N–H and O–H groups in total. The van der Waals surface area contributed by atoms with Gasteiger partial charge in [0.1, 0.15) is 5.60 Å². The molecule has 4 nitrogen and oxygen atoms in total. The van der Waals surface area contributed by atoms with E-state index >= 15 is 0 Å². The van der Waals surface area contributed by atoms with Crippen molar-refractivity contribution in [3.05, 3.63) is 30.1 Å². The molecule has 1 aliphatic rings. The standard InChI is InChI=1S/C10H19NO2.C9H13N.C5H12/c1-8-5-6-11(7-8)9(12)13-10(2,3)4;1-8(2)6-9-4-3-5-10-7-9;1-4-5(2)3/h8H,5-7H2,1-4H3;3-5,7-8H,6H2,1-2H3;5H,4H2,1-3H3/t8-;;/m0../s1. The largest absolute Gasteiger partial charge is 0.444 e. The van der Waals surface area contributed by atoms with Crippen LogP contribution in [0.5, 0.6) is 0 Å². The highest BCUT2D eigenvalue weighted by molar-refractivity contribution is 5.68. The van der Waals surface area contributed by atoms with Crippen LogP contribution in [0.2, 0.25) is 0 Å². The summed E-state index contributed by atoms with van der Waals surface area (Å²) in [6.45, 7) is 20.6. The lowest BCUT2D eigenvalue weighted by Gasteiger charge is -2.24. The van der Waals surface area contributed by atoms with Crippen LogP contribution in [0, 0.1) is 17.8 Å². The Hall–Kier alpha value is -1.58. The average Bonchev–Trinajstić information content (AvgIpc) is 3.01. The fourth-order valence-electron chi connectivity index (χ4n) is 2.42. The average molecular weight is 393 g/mol. The lowest BCUT2D eigenvalue weighted by Crippen LogP contribution is -2.35. The maximum atomic E-state index is 11.5. The molecule has 162 valence electrons. The number of ether oxygens (including phenoxy) is 1. The van der Waals surface area contributed by atoms with E-state index in [2.05, 4.69) is 52.6 Å². The summed E-state index contributed by atoms with van der Waals surface area (Å²) in [5.74, 6) is 2.23. The Balaban J connectivity index is 0.000000431. The SMILES string of the molecule is CC(C)Cc1cccnc1.CCC(C)C.C[C@H]1CCN(C(=O)OC(C)(C)C)C1. The van der Waals surface area contributed by atoms with Gasteiger partial charge in [-0.1, -0.05) is 54.0 Å². The summed E-state index contributed by atoms with van der Waals surface area (Å²) in [5, 5.41) is 0. The number of likely N-dealkylation sites (tertiary alicyclic amines) is 1. The third kappa shape index (κ3) is 14.5. The fourth-order valence-corrected chi connectivity index (χ4v) is 2.42. The molecule has 4 heteroatoms. The Morgan fingerprint density at radius 2 is 1.86 bits per heavy atom. The monoisotopic (exact) mass is 392 g/mol. The minimum Gasteiger partial charge on any atom is -0.444 e. The smallest absolute Gasteiger partial charge is 0.410 e. The van der Waals surface area contributed by atoms with Crippen LogP contribution in [-0.2, 0) is 11.2 Å².